The summed E-state index contributed by atoms with van der Waals surface area (Å²) in [7, 11) is 0. The Labute approximate surface area is 164 Å². The van der Waals surface area contributed by atoms with E-state index < -0.39 is 21.3 Å². The van der Waals surface area contributed by atoms with E-state index in [1.807, 2.05) is 0 Å². The molecule has 10 heteroatoms. The quantitative estimate of drug-likeness (QED) is 0.331. The third-order valence-electron chi connectivity index (χ3n) is 3.34. The molecule has 0 aromatic heterocycles. The number of rotatable bonds is 4. The molecule has 26 heavy (non-hydrogen) atoms. The fraction of sp³-hybridized carbons (Fsp3) is 0.250. The highest BCUT2D eigenvalue weighted by atomic mass is 35.6. The highest BCUT2D eigenvalue weighted by Gasteiger charge is 2.34. The van der Waals surface area contributed by atoms with Gasteiger partial charge in [0.2, 0.25) is 0 Å². The van der Waals surface area contributed by atoms with Crippen molar-refractivity contribution < 1.29 is 24.5 Å². The molecule has 1 unspecified atom stereocenters. The Hall–Kier alpha value is -1.93. The largest absolute Gasteiger partial charge is 0.481 e. The third kappa shape index (κ3) is 7.13. The lowest BCUT2D eigenvalue weighted by molar-refractivity contribution is -0.145. The Morgan fingerprint density at radius 3 is 2.23 bits per heavy atom. The van der Waals surface area contributed by atoms with Crippen molar-refractivity contribution in [1.82, 2.24) is 0 Å². The van der Waals surface area contributed by atoms with Crippen molar-refractivity contribution in [2.24, 2.45) is 11.3 Å². The van der Waals surface area contributed by atoms with Gasteiger partial charge < -0.3 is 20.4 Å². The number of carboxylic acids is 2. The van der Waals surface area contributed by atoms with E-state index in [0.717, 1.165) is 5.69 Å². The van der Waals surface area contributed by atoms with E-state index in [0.29, 0.717) is 5.75 Å². The van der Waals surface area contributed by atoms with Gasteiger partial charge >= 0.3 is 15.9 Å². The highest BCUT2D eigenvalue weighted by molar-refractivity contribution is 6.66. The number of hydrogen-bond donors (Lipinski definition) is 4. The van der Waals surface area contributed by atoms with Crippen LogP contribution in [0.4, 0.5) is 5.69 Å². The number of halogens is 3. The van der Waals surface area contributed by atoms with E-state index in [1.54, 1.807) is 24.3 Å². The molecular formula is C16H17Cl3N2O5. The van der Waals surface area contributed by atoms with Gasteiger partial charge in [0, 0.05) is 11.3 Å². The molecule has 0 radical (unpaired) electrons. The molecule has 1 aliphatic carbocycles. The molecule has 0 fully saturated rings. The van der Waals surface area contributed by atoms with Crippen molar-refractivity contribution in [3.05, 3.63) is 48.1 Å². The van der Waals surface area contributed by atoms with E-state index in [-0.39, 0.29) is 12.0 Å². The number of hydrogen-bond acceptors (Lipinski definition) is 5. The maximum Gasteiger partial charge on any atom is 0.338 e. The molecule has 0 amide bonds. The number of carboxylic acid groups (broad SMARTS) is 2. The maximum absolute atomic E-state index is 10.8. The first-order valence-electron chi connectivity index (χ1n) is 7.14. The first-order chi connectivity index (χ1) is 12.0. The lowest BCUT2D eigenvalue weighted by Gasteiger charge is -2.23. The highest BCUT2D eigenvalue weighted by Crippen LogP contribution is 2.31. The van der Waals surface area contributed by atoms with Crippen molar-refractivity contribution in [3.8, 4) is 5.75 Å². The Balaban J connectivity index is 0.000000260. The van der Waals surface area contributed by atoms with Gasteiger partial charge in [0.25, 0.3) is 0 Å². The first-order valence-corrected chi connectivity index (χ1v) is 8.28. The summed E-state index contributed by atoms with van der Waals surface area (Å²) in [5.41, 5.74) is 2.26. The van der Waals surface area contributed by atoms with E-state index in [9.17, 15) is 9.59 Å². The van der Waals surface area contributed by atoms with E-state index in [1.165, 1.54) is 25.2 Å². The van der Waals surface area contributed by atoms with Gasteiger partial charge in [-0.25, -0.2) is 4.79 Å². The molecule has 1 aliphatic rings. The summed E-state index contributed by atoms with van der Waals surface area (Å²) >= 11 is 16.2. The summed E-state index contributed by atoms with van der Waals surface area (Å²) in [5, 5.41) is 17.5. The zero-order valence-electron chi connectivity index (χ0n) is 13.6. The van der Waals surface area contributed by atoms with Crippen molar-refractivity contribution in [2.45, 2.75) is 17.3 Å². The second-order valence-corrected chi connectivity index (χ2v) is 7.65. The summed E-state index contributed by atoms with van der Waals surface area (Å²) in [5.74, 6) is 3.55. The molecule has 7 nitrogen and oxygen atoms in total. The van der Waals surface area contributed by atoms with Crippen LogP contribution in [-0.2, 0) is 9.59 Å². The van der Waals surface area contributed by atoms with Crippen LogP contribution < -0.4 is 16.0 Å². The number of nitrogens with two attached hydrogens (primary N) is 1. The number of hydrazine groups is 1. The standard InChI is InChI=1S/C9H10O4.C7H7Cl3N2O/c1-9(8(12)13)4-2-3-6(5-9)7(10)11;8-7(9,10)13-6-3-1-5(12-11)2-4-6/h2-4H,5H2,1H3,(H,10,11)(H,12,13);1-4,12H,11H2. The molecule has 1 aromatic rings. The van der Waals surface area contributed by atoms with Gasteiger partial charge in [0.1, 0.15) is 5.75 Å². The van der Waals surface area contributed by atoms with Crippen molar-refractivity contribution in [1.29, 1.82) is 0 Å². The van der Waals surface area contributed by atoms with Crippen LogP contribution in [-0.4, -0.2) is 26.1 Å². The van der Waals surface area contributed by atoms with Crippen molar-refractivity contribution in [3.63, 3.8) is 0 Å². The fourth-order valence-corrected chi connectivity index (χ4v) is 2.20. The molecule has 0 heterocycles. The topological polar surface area (TPSA) is 122 Å². The van der Waals surface area contributed by atoms with Gasteiger partial charge in [-0.2, -0.15) is 0 Å². The minimum atomic E-state index is -1.74. The van der Waals surface area contributed by atoms with Crippen LogP contribution in [0.1, 0.15) is 13.3 Å². The SMILES string of the molecule is CC1(C(=O)O)C=CC=C(C(=O)O)C1.NNc1ccc(OC(Cl)(Cl)Cl)cc1. The second kappa shape index (κ2) is 9.14. The number of anilines is 1. The average Bonchev–Trinajstić information content (AvgIpc) is 2.54. The number of ether oxygens (including phenoxy) is 1. The van der Waals surface area contributed by atoms with Crippen LogP contribution in [0, 0.1) is 5.41 Å². The number of nitrogen functional groups attached to an aromatic ring is 1. The number of nitrogens with one attached hydrogen (secondary N) is 1. The number of alkyl halides is 3. The van der Waals surface area contributed by atoms with E-state index >= 15 is 0 Å². The minimum Gasteiger partial charge on any atom is -0.481 e. The summed E-state index contributed by atoms with van der Waals surface area (Å²) < 4.78 is 3.19. The molecule has 2 rings (SSSR count). The van der Waals surface area contributed by atoms with Gasteiger partial charge in [-0.3, -0.25) is 10.6 Å². The van der Waals surface area contributed by atoms with Gasteiger partial charge in [-0.15, -0.1) is 0 Å². The van der Waals surface area contributed by atoms with E-state index in [2.05, 4.69) is 5.43 Å². The van der Waals surface area contributed by atoms with Gasteiger partial charge in [0.15, 0.2) is 0 Å². The molecule has 0 bridgehead atoms. The Morgan fingerprint density at radius 1 is 1.23 bits per heavy atom. The molecule has 0 saturated carbocycles. The lowest BCUT2D eigenvalue weighted by Crippen LogP contribution is -2.28. The molecule has 0 saturated heterocycles. The average molecular weight is 424 g/mol. The van der Waals surface area contributed by atoms with Gasteiger partial charge in [0.05, 0.1) is 5.41 Å². The zero-order valence-corrected chi connectivity index (χ0v) is 15.8. The van der Waals surface area contributed by atoms with Crippen LogP contribution in [0.5, 0.6) is 5.75 Å². The Bertz CT molecular complexity index is 714. The van der Waals surface area contributed by atoms with Gasteiger partial charge in [-0.05, 0) is 72.4 Å². The molecule has 142 valence electrons. The second-order valence-electron chi connectivity index (χ2n) is 5.47. The smallest absolute Gasteiger partial charge is 0.338 e. The predicted molar refractivity (Wildman–Crippen MR) is 100 cm³/mol. The first kappa shape index (κ1) is 22.1. The van der Waals surface area contributed by atoms with Crippen LogP contribution in [0.15, 0.2) is 48.1 Å². The van der Waals surface area contributed by atoms with Crippen LogP contribution >= 0.6 is 34.8 Å². The van der Waals surface area contributed by atoms with Crippen molar-refractivity contribution >= 4 is 52.4 Å². The number of benzene rings is 1. The molecule has 0 aliphatic heterocycles. The molecular weight excluding hydrogens is 407 g/mol. The number of aliphatic carboxylic acids is 2. The van der Waals surface area contributed by atoms with Crippen LogP contribution in [0.25, 0.3) is 0 Å². The lowest BCUT2D eigenvalue weighted by atomic mass is 9.80. The summed E-state index contributed by atoms with van der Waals surface area (Å²) in [6, 6.07) is 6.67. The molecule has 1 aromatic carbocycles. The third-order valence-corrected chi connectivity index (χ3v) is 3.57. The number of allylic oxidation sites excluding steroid dienone is 2. The van der Waals surface area contributed by atoms with Crippen molar-refractivity contribution in [2.75, 3.05) is 5.43 Å². The molecule has 0 spiro atoms. The Kier molecular flexibility index (Phi) is 7.77. The predicted octanol–water partition coefficient (Wildman–Crippen LogP) is 3.73. The Morgan fingerprint density at radius 2 is 1.81 bits per heavy atom. The normalized spacial score (nSPS) is 18.9. The monoisotopic (exact) mass is 422 g/mol. The van der Waals surface area contributed by atoms with Crippen LogP contribution in [0.2, 0.25) is 0 Å². The zero-order chi connectivity index (χ0) is 20.0. The summed E-state index contributed by atoms with van der Waals surface area (Å²) in [6.07, 6.45) is 4.43. The van der Waals surface area contributed by atoms with Gasteiger partial charge in [-0.1, -0.05) is 18.2 Å². The maximum atomic E-state index is 10.8. The van der Waals surface area contributed by atoms with Crippen LogP contribution in [0.3, 0.4) is 0 Å². The molecule has 5 N–H and O–H groups in total. The fourth-order valence-electron chi connectivity index (χ4n) is 1.94. The number of carbonyl (C=O) groups is 2. The van der Waals surface area contributed by atoms with E-state index in [4.69, 9.17) is 55.6 Å². The summed E-state index contributed by atoms with van der Waals surface area (Å²) in [6.45, 7) is 1.50. The minimum absolute atomic E-state index is 0.0359. The summed E-state index contributed by atoms with van der Waals surface area (Å²) in [4.78, 5) is 21.3. The molecule has 1 atom stereocenters.